The number of sulfonamides is 1. The molecule has 5 nitrogen and oxygen atoms in total. The van der Waals surface area contributed by atoms with Crippen LogP contribution >= 0.6 is 0 Å². The van der Waals surface area contributed by atoms with Crippen LogP contribution in [0.2, 0.25) is 0 Å². The minimum absolute atomic E-state index is 0.0221. The molecule has 1 fully saturated rings. The van der Waals surface area contributed by atoms with Gasteiger partial charge in [-0.1, -0.05) is 42.5 Å². The molecule has 0 aromatic heterocycles. The number of hydrogen-bond donors (Lipinski definition) is 0. The molecule has 0 radical (unpaired) electrons. The predicted molar refractivity (Wildman–Crippen MR) is 109 cm³/mol. The highest BCUT2D eigenvalue weighted by Gasteiger charge is 2.28. The second-order valence-electron chi connectivity index (χ2n) is 6.70. The highest BCUT2D eigenvalue weighted by molar-refractivity contribution is 7.93. The van der Waals surface area contributed by atoms with E-state index in [9.17, 15) is 13.2 Å². The summed E-state index contributed by atoms with van der Waals surface area (Å²) in [5.74, 6) is 0.118. The highest BCUT2D eigenvalue weighted by Crippen LogP contribution is 2.24. The average Bonchev–Trinajstić information content (AvgIpc) is 3.05. The summed E-state index contributed by atoms with van der Waals surface area (Å²) in [5.41, 5.74) is 2.60. The van der Waals surface area contributed by atoms with Gasteiger partial charge in [-0.15, -0.1) is 0 Å². The van der Waals surface area contributed by atoms with Crippen LogP contribution < -0.4 is 4.31 Å². The molecule has 1 saturated heterocycles. The van der Waals surface area contributed by atoms with Crippen molar-refractivity contribution < 1.29 is 13.2 Å². The molecule has 0 spiro atoms. The van der Waals surface area contributed by atoms with Crippen LogP contribution in [0.3, 0.4) is 0 Å². The first-order valence-corrected chi connectivity index (χ1v) is 10.6. The minimum atomic E-state index is -3.17. The van der Waals surface area contributed by atoms with Crippen molar-refractivity contribution in [2.24, 2.45) is 0 Å². The molecule has 142 valence electrons. The molecule has 1 atom stereocenters. The van der Waals surface area contributed by atoms with Gasteiger partial charge in [0.15, 0.2) is 0 Å². The molecule has 0 aliphatic carbocycles. The molecular formula is C21H24N2O3S. The van der Waals surface area contributed by atoms with Crippen molar-refractivity contribution in [2.75, 3.05) is 23.7 Å². The highest BCUT2D eigenvalue weighted by atomic mass is 32.2. The fourth-order valence-electron chi connectivity index (χ4n) is 3.11. The Balaban J connectivity index is 1.66. The predicted octanol–water partition coefficient (Wildman–Crippen LogP) is 3.46. The zero-order valence-corrected chi connectivity index (χ0v) is 16.4. The zero-order valence-electron chi connectivity index (χ0n) is 15.6. The molecule has 3 rings (SSSR count). The molecule has 1 aliphatic rings. The molecule has 1 heterocycles. The largest absolute Gasteiger partial charge is 0.335 e. The summed E-state index contributed by atoms with van der Waals surface area (Å²) in [4.78, 5) is 14.1. The molecule has 1 aliphatic heterocycles. The van der Waals surface area contributed by atoms with E-state index < -0.39 is 10.0 Å². The number of anilines is 1. The molecule has 2 aromatic carbocycles. The Morgan fingerprint density at radius 3 is 2.37 bits per heavy atom. The summed E-state index contributed by atoms with van der Waals surface area (Å²) in [6.45, 7) is 2.52. The summed E-state index contributed by atoms with van der Waals surface area (Å²) in [5, 5.41) is 0. The van der Waals surface area contributed by atoms with Crippen molar-refractivity contribution in [3.8, 4) is 0 Å². The second-order valence-corrected chi connectivity index (χ2v) is 8.72. The molecule has 0 N–H and O–H groups in total. The average molecular weight is 385 g/mol. The van der Waals surface area contributed by atoms with Gasteiger partial charge in [0.05, 0.1) is 17.5 Å². The molecule has 0 bridgehead atoms. The van der Waals surface area contributed by atoms with Gasteiger partial charge in [0.2, 0.25) is 15.9 Å². The first kappa shape index (κ1) is 19.2. The Morgan fingerprint density at radius 1 is 1.11 bits per heavy atom. The second kappa shape index (κ2) is 7.96. The van der Waals surface area contributed by atoms with Gasteiger partial charge in [-0.05, 0) is 42.7 Å². The lowest BCUT2D eigenvalue weighted by atomic mass is 10.1. The third-order valence-electron chi connectivity index (χ3n) is 4.91. The third-order valence-corrected chi connectivity index (χ3v) is 6.78. The minimum Gasteiger partial charge on any atom is -0.335 e. The van der Waals surface area contributed by atoms with Gasteiger partial charge < -0.3 is 4.90 Å². The Hall–Kier alpha value is -2.60. The number of amides is 1. The van der Waals surface area contributed by atoms with Crippen molar-refractivity contribution in [2.45, 2.75) is 19.4 Å². The van der Waals surface area contributed by atoms with Gasteiger partial charge >= 0.3 is 0 Å². The van der Waals surface area contributed by atoms with Crippen molar-refractivity contribution in [1.82, 2.24) is 4.90 Å². The Labute approximate surface area is 161 Å². The lowest BCUT2D eigenvalue weighted by Crippen LogP contribution is -2.27. The lowest BCUT2D eigenvalue weighted by molar-refractivity contribution is -0.126. The number of rotatable bonds is 5. The van der Waals surface area contributed by atoms with Crippen molar-refractivity contribution in [3.05, 3.63) is 71.8 Å². The van der Waals surface area contributed by atoms with Crippen LogP contribution in [-0.4, -0.2) is 38.6 Å². The number of nitrogens with zero attached hydrogens (tertiary/aromatic N) is 2. The van der Waals surface area contributed by atoms with Crippen LogP contribution in [0.15, 0.2) is 60.7 Å². The van der Waals surface area contributed by atoms with Crippen molar-refractivity contribution in [1.29, 1.82) is 0 Å². The van der Waals surface area contributed by atoms with Gasteiger partial charge in [-0.2, -0.15) is 0 Å². The van der Waals surface area contributed by atoms with Crippen LogP contribution in [0.5, 0.6) is 0 Å². The van der Waals surface area contributed by atoms with Crippen LogP contribution in [0.1, 0.15) is 30.5 Å². The van der Waals surface area contributed by atoms with E-state index in [1.54, 1.807) is 36.2 Å². The number of carbonyl (C=O) groups excluding carboxylic acids is 1. The van der Waals surface area contributed by atoms with Gasteiger partial charge in [-0.25, -0.2) is 8.42 Å². The molecule has 0 saturated carbocycles. The number of hydrogen-bond acceptors (Lipinski definition) is 3. The first-order chi connectivity index (χ1) is 12.9. The lowest BCUT2D eigenvalue weighted by Gasteiger charge is -2.24. The SMILES string of the molecule is CC(c1ccccc1)N(C)C(=O)/C=C/c1ccc(N2CCCS2(=O)=O)cc1. The quantitative estimate of drug-likeness (QED) is 0.742. The summed E-state index contributed by atoms with van der Waals surface area (Å²) in [7, 11) is -1.39. The normalized spacial score (nSPS) is 17.2. The molecule has 27 heavy (non-hydrogen) atoms. The molecule has 6 heteroatoms. The summed E-state index contributed by atoms with van der Waals surface area (Å²) in [6, 6.07) is 17.1. The van der Waals surface area contributed by atoms with Crippen molar-refractivity contribution in [3.63, 3.8) is 0 Å². The number of likely N-dealkylation sites (N-methyl/N-ethyl adjacent to an activating group) is 1. The van der Waals surface area contributed by atoms with Crippen LogP contribution in [-0.2, 0) is 14.8 Å². The van der Waals surface area contributed by atoms with E-state index in [4.69, 9.17) is 0 Å². The summed E-state index contributed by atoms with van der Waals surface area (Å²) < 4.78 is 25.4. The maximum atomic E-state index is 12.4. The van der Waals surface area contributed by atoms with Gasteiger partial charge in [0.1, 0.15) is 0 Å². The summed E-state index contributed by atoms with van der Waals surface area (Å²) in [6.07, 6.45) is 3.95. The van der Waals surface area contributed by atoms with E-state index in [-0.39, 0.29) is 17.7 Å². The summed E-state index contributed by atoms with van der Waals surface area (Å²) >= 11 is 0. The van der Waals surface area contributed by atoms with E-state index in [1.807, 2.05) is 49.4 Å². The zero-order chi connectivity index (χ0) is 19.4. The van der Waals surface area contributed by atoms with Crippen molar-refractivity contribution >= 4 is 27.7 Å². The molecule has 2 aromatic rings. The Morgan fingerprint density at radius 2 is 1.78 bits per heavy atom. The number of benzene rings is 2. The standard InChI is InChI=1S/C21H24N2O3S/c1-17(19-7-4-3-5-8-19)22(2)21(24)14-11-18-9-12-20(13-10-18)23-15-6-16-27(23,25)26/h3-5,7-14,17H,6,15-16H2,1-2H3/b14-11+. The topological polar surface area (TPSA) is 57.7 Å². The maximum absolute atomic E-state index is 12.4. The third kappa shape index (κ3) is 4.39. The number of carbonyl (C=O) groups is 1. The van der Waals surface area contributed by atoms with Gasteiger partial charge in [-0.3, -0.25) is 9.10 Å². The first-order valence-electron chi connectivity index (χ1n) is 8.99. The van der Waals surface area contributed by atoms with Crippen LogP contribution in [0.25, 0.3) is 6.08 Å². The smallest absolute Gasteiger partial charge is 0.246 e. The van der Waals surface area contributed by atoms with Crippen LogP contribution in [0, 0.1) is 0 Å². The van der Waals surface area contributed by atoms with E-state index in [0.717, 1.165) is 11.1 Å². The van der Waals surface area contributed by atoms with Gasteiger partial charge in [0.25, 0.3) is 0 Å². The molecular weight excluding hydrogens is 360 g/mol. The Bertz CT molecular complexity index is 922. The van der Waals surface area contributed by atoms with E-state index in [0.29, 0.717) is 18.7 Å². The monoisotopic (exact) mass is 384 g/mol. The maximum Gasteiger partial charge on any atom is 0.246 e. The fraction of sp³-hybridized carbons (Fsp3) is 0.286. The molecule has 1 unspecified atom stereocenters. The van der Waals surface area contributed by atoms with E-state index in [1.165, 1.54) is 4.31 Å². The van der Waals surface area contributed by atoms with Gasteiger partial charge in [0, 0.05) is 19.7 Å². The van der Waals surface area contributed by atoms with E-state index in [2.05, 4.69) is 0 Å². The van der Waals surface area contributed by atoms with E-state index >= 15 is 0 Å². The molecule has 1 amide bonds. The Kier molecular flexibility index (Phi) is 5.65. The fourth-order valence-corrected chi connectivity index (χ4v) is 4.68. The van der Waals surface area contributed by atoms with Crippen LogP contribution in [0.4, 0.5) is 5.69 Å².